The van der Waals surface area contributed by atoms with Gasteiger partial charge in [-0.05, 0) is 33.0 Å². The molecule has 0 spiro atoms. The number of hydrogen-bond donors (Lipinski definition) is 0. The molecule has 0 radical (unpaired) electrons. The van der Waals surface area contributed by atoms with Gasteiger partial charge in [-0.1, -0.05) is 13.8 Å². The summed E-state index contributed by atoms with van der Waals surface area (Å²) in [7, 11) is 2.12. The van der Waals surface area contributed by atoms with Gasteiger partial charge in [0.25, 0.3) is 0 Å². The first-order chi connectivity index (χ1) is 5.58. The second kappa shape index (κ2) is 3.56. The maximum absolute atomic E-state index is 11.6. The quantitative estimate of drug-likeness (QED) is 0.627. The lowest BCUT2D eigenvalue weighted by atomic mass is 9.76. The van der Waals surface area contributed by atoms with E-state index in [4.69, 9.17) is 0 Å². The molecule has 1 saturated heterocycles. The third-order valence-electron chi connectivity index (χ3n) is 3.08. The molecule has 1 heterocycles. The van der Waals surface area contributed by atoms with Gasteiger partial charge in [-0.2, -0.15) is 0 Å². The summed E-state index contributed by atoms with van der Waals surface area (Å²) in [6.07, 6.45) is 2.77. The largest absolute Gasteiger partial charge is 0.306 e. The van der Waals surface area contributed by atoms with Crippen molar-refractivity contribution in [2.75, 3.05) is 20.1 Å². The molecule has 1 fully saturated rings. The van der Waals surface area contributed by atoms with E-state index in [1.807, 2.05) is 6.92 Å². The van der Waals surface area contributed by atoms with Crippen LogP contribution < -0.4 is 0 Å². The number of rotatable bonds is 2. The second-order valence-corrected chi connectivity index (χ2v) is 4.14. The average Bonchev–Trinajstić information content (AvgIpc) is 2.09. The molecule has 0 aromatic carbocycles. The Morgan fingerprint density at radius 1 is 1.42 bits per heavy atom. The molecular weight excluding hydrogens is 150 g/mol. The molecule has 0 amide bonds. The highest BCUT2D eigenvalue weighted by Gasteiger charge is 2.34. The van der Waals surface area contributed by atoms with Crippen molar-refractivity contribution >= 4 is 5.78 Å². The van der Waals surface area contributed by atoms with Crippen LogP contribution in [0.15, 0.2) is 0 Å². The van der Waals surface area contributed by atoms with Crippen LogP contribution in [0.5, 0.6) is 0 Å². The van der Waals surface area contributed by atoms with Crippen molar-refractivity contribution in [2.45, 2.75) is 33.1 Å². The van der Waals surface area contributed by atoms with E-state index in [0.717, 1.165) is 25.9 Å². The topological polar surface area (TPSA) is 20.3 Å². The molecule has 0 aromatic rings. The number of ketones is 1. The van der Waals surface area contributed by atoms with Gasteiger partial charge >= 0.3 is 0 Å². The highest BCUT2D eigenvalue weighted by atomic mass is 16.1. The molecule has 12 heavy (non-hydrogen) atoms. The van der Waals surface area contributed by atoms with Crippen molar-refractivity contribution in [1.29, 1.82) is 0 Å². The summed E-state index contributed by atoms with van der Waals surface area (Å²) < 4.78 is 0. The van der Waals surface area contributed by atoms with Crippen LogP contribution in [0.2, 0.25) is 0 Å². The zero-order valence-electron chi connectivity index (χ0n) is 8.39. The normalized spacial score (nSPS) is 23.9. The van der Waals surface area contributed by atoms with E-state index in [2.05, 4.69) is 18.9 Å². The van der Waals surface area contributed by atoms with Crippen molar-refractivity contribution in [3.05, 3.63) is 0 Å². The summed E-state index contributed by atoms with van der Waals surface area (Å²) in [5.41, 5.74) is -0.0126. The molecule has 0 N–H and O–H groups in total. The number of likely N-dealkylation sites (tertiary alicyclic amines) is 1. The van der Waals surface area contributed by atoms with Crippen LogP contribution in [0, 0.1) is 5.41 Å². The Labute approximate surface area is 74.9 Å². The van der Waals surface area contributed by atoms with E-state index < -0.39 is 0 Å². The van der Waals surface area contributed by atoms with Gasteiger partial charge in [-0.3, -0.25) is 4.79 Å². The second-order valence-electron chi connectivity index (χ2n) is 4.14. The average molecular weight is 169 g/mol. The molecule has 0 aromatic heterocycles. The molecule has 1 aliphatic rings. The Hall–Kier alpha value is -0.370. The smallest absolute Gasteiger partial charge is 0.138 e. The molecule has 1 rings (SSSR count). The predicted octanol–water partition coefficient (Wildman–Crippen LogP) is 1.70. The lowest BCUT2D eigenvalue weighted by Crippen LogP contribution is -2.40. The van der Waals surface area contributed by atoms with Crippen molar-refractivity contribution < 1.29 is 4.79 Å². The number of hydrogen-bond acceptors (Lipinski definition) is 2. The minimum Gasteiger partial charge on any atom is -0.306 e. The summed E-state index contributed by atoms with van der Waals surface area (Å²) in [5.74, 6) is 0.440. The minimum atomic E-state index is -0.0126. The standard InChI is InChI=1S/C10H19NO/c1-4-9(12)10(2)5-7-11(3)8-6-10/h4-8H2,1-3H3. The van der Waals surface area contributed by atoms with E-state index in [0.29, 0.717) is 12.2 Å². The van der Waals surface area contributed by atoms with E-state index in [-0.39, 0.29) is 5.41 Å². The number of Topliss-reactive ketones (excluding diaryl/α,β-unsaturated/α-hetero) is 1. The molecule has 70 valence electrons. The molecule has 0 bridgehead atoms. The van der Waals surface area contributed by atoms with Crippen LogP contribution >= 0.6 is 0 Å². The first-order valence-corrected chi connectivity index (χ1v) is 4.80. The molecule has 1 aliphatic heterocycles. The van der Waals surface area contributed by atoms with Crippen LogP contribution in [0.25, 0.3) is 0 Å². The Bertz CT molecular complexity index is 169. The van der Waals surface area contributed by atoms with Crippen LogP contribution in [0.3, 0.4) is 0 Å². The third-order valence-corrected chi connectivity index (χ3v) is 3.08. The van der Waals surface area contributed by atoms with Crippen molar-refractivity contribution in [1.82, 2.24) is 4.90 Å². The van der Waals surface area contributed by atoms with Gasteiger partial charge in [0.1, 0.15) is 5.78 Å². The fraction of sp³-hybridized carbons (Fsp3) is 0.900. The van der Waals surface area contributed by atoms with Gasteiger partial charge < -0.3 is 4.90 Å². The number of carbonyl (C=O) groups excluding carboxylic acids is 1. The van der Waals surface area contributed by atoms with E-state index >= 15 is 0 Å². The maximum atomic E-state index is 11.6. The zero-order chi connectivity index (χ0) is 9.19. The first-order valence-electron chi connectivity index (χ1n) is 4.80. The maximum Gasteiger partial charge on any atom is 0.138 e. The van der Waals surface area contributed by atoms with Crippen molar-refractivity contribution in [3.63, 3.8) is 0 Å². The van der Waals surface area contributed by atoms with E-state index in [1.54, 1.807) is 0 Å². The summed E-state index contributed by atoms with van der Waals surface area (Å²) in [6, 6.07) is 0. The lowest BCUT2D eigenvalue weighted by Gasteiger charge is -2.36. The van der Waals surface area contributed by atoms with Gasteiger partial charge in [0, 0.05) is 11.8 Å². The predicted molar refractivity (Wildman–Crippen MR) is 50.1 cm³/mol. The Kier molecular flexibility index (Phi) is 2.89. The molecule has 0 atom stereocenters. The summed E-state index contributed by atoms with van der Waals surface area (Å²) >= 11 is 0. The summed E-state index contributed by atoms with van der Waals surface area (Å²) in [5, 5.41) is 0. The summed E-state index contributed by atoms with van der Waals surface area (Å²) in [4.78, 5) is 13.9. The first kappa shape index (κ1) is 9.72. The molecular formula is C10H19NO. The SMILES string of the molecule is CCC(=O)C1(C)CCN(C)CC1. The number of piperidine rings is 1. The fourth-order valence-electron chi connectivity index (χ4n) is 1.82. The highest BCUT2D eigenvalue weighted by molar-refractivity contribution is 5.84. The lowest BCUT2D eigenvalue weighted by molar-refractivity contribution is -0.129. The molecule has 2 nitrogen and oxygen atoms in total. The molecule has 2 heteroatoms. The van der Waals surface area contributed by atoms with Gasteiger partial charge in [0.05, 0.1) is 0 Å². The fourth-order valence-corrected chi connectivity index (χ4v) is 1.82. The van der Waals surface area contributed by atoms with Crippen LogP contribution in [-0.4, -0.2) is 30.8 Å². The van der Waals surface area contributed by atoms with Crippen molar-refractivity contribution in [3.8, 4) is 0 Å². The third kappa shape index (κ3) is 1.86. The monoisotopic (exact) mass is 169 g/mol. The van der Waals surface area contributed by atoms with E-state index in [1.165, 1.54) is 0 Å². The molecule has 0 unspecified atom stereocenters. The van der Waals surface area contributed by atoms with Gasteiger partial charge in [0.15, 0.2) is 0 Å². The van der Waals surface area contributed by atoms with Gasteiger partial charge in [0.2, 0.25) is 0 Å². The van der Waals surface area contributed by atoms with Crippen LogP contribution in [0.4, 0.5) is 0 Å². The van der Waals surface area contributed by atoms with Crippen LogP contribution in [-0.2, 0) is 4.79 Å². The highest BCUT2D eigenvalue weighted by Crippen LogP contribution is 2.32. The van der Waals surface area contributed by atoms with Gasteiger partial charge in [-0.15, -0.1) is 0 Å². The van der Waals surface area contributed by atoms with E-state index in [9.17, 15) is 4.79 Å². The van der Waals surface area contributed by atoms with Crippen molar-refractivity contribution in [2.24, 2.45) is 5.41 Å². The Morgan fingerprint density at radius 2 is 1.92 bits per heavy atom. The van der Waals surface area contributed by atoms with Crippen LogP contribution in [0.1, 0.15) is 33.1 Å². The van der Waals surface area contributed by atoms with Gasteiger partial charge in [-0.25, -0.2) is 0 Å². The summed E-state index contributed by atoms with van der Waals surface area (Å²) in [6.45, 7) is 6.22. The molecule has 0 aliphatic carbocycles. The number of carbonyl (C=O) groups is 1. The zero-order valence-corrected chi connectivity index (χ0v) is 8.39. The molecule has 0 saturated carbocycles. The Morgan fingerprint density at radius 3 is 2.33 bits per heavy atom. The Balaban J connectivity index is 2.55. The minimum absolute atomic E-state index is 0.0126. The number of nitrogens with zero attached hydrogens (tertiary/aromatic N) is 1.